The molecule has 0 aromatic carbocycles. The van der Waals surface area contributed by atoms with E-state index in [1.165, 1.54) is 0 Å². The molecule has 2 N–H and O–H groups in total. The van der Waals surface area contributed by atoms with Crippen LogP contribution in [-0.4, -0.2) is 23.0 Å². The molecule has 4 nitrogen and oxygen atoms in total. The molecule has 4 heteroatoms. The Hall–Kier alpha value is -1.58. The fourth-order valence-corrected chi connectivity index (χ4v) is 1.56. The Morgan fingerprint density at radius 3 is 2.56 bits per heavy atom. The smallest absolute Gasteiger partial charge is 0.251 e. The Morgan fingerprint density at radius 2 is 2.00 bits per heavy atom. The molecule has 0 fully saturated rings. The predicted molar refractivity (Wildman–Crippen MR) is 75.0 cm³/mol. The van der Waals surface area contributed by atoms with E-state index < -0.39 is 0 Å². The number of carbonyl (C=O) groups is 1. The van der Waals surface area contributed by atoms with Crippen LogP contribution in [0.25, 0.3) is 0 Å². The number of hydrogen-bond acceptors (Lipinski definition) is 3. The average molecular weight is 249 g/mol. The van der Waals surface area contributed by atoms with Gasteiger partial charge in [-0.1, -0.05) is 6.92 Å². The third kappa shape index (κ3) is 4.73. The number of amides is 1. The minimum Gasteiger partial charge on any atom is -0.370 e. The van der Waals surface area contributed by atoms with Gasteiger partial charge in [-0.2, -0.15) is 0 Å². The number of nitrogens with one attached hydrogen (secondary N) is 2. The molecule has 0 saturated heterocycles. The molecule has 0 bridgehead atoms. The van der Waals surface area contributed by atoms with Crippen molar-refractivity contribution in [2.45, 2.75) is 46.6 Å². The van der Waals surface area contributed by atoms with E-state index in [4.69, 9.17) is 0 Å². The van der Waals surface area contributed by atoms with Gasteiger partial charge in [0, 0.05) is 23.3 Å². The summed E-state index contributed by atoms with van der Waals surface area (Å²) in [5.74, 6) is 0.698. The van der Waals surface area contributed by atoms with Gasteiger partial charge in [0.2, 0.25) is 0 Å². The zero-order chi connectivity index (χ0) is 13.8. The second-order valence-electron chi connectivity index (χ2n) is 5.51. The summed E-state index contributed by atoms with van der Waals surface area (Å²) in [6.45, 7) is 10.7. The summed E-state index contributed by atoms with van der Waals surface area (Å²) in [5.41, 5.74) is 1.26. The van der Waals surface area contributed by atoms with Crippen LogP contribution in [0.4, 0.5) is 5.82 Å². The van der Waals surface area contributed by atoms with Crippen LogP contribution in [0.1, 0.15) is 50.2 Å². The molecule has 0 radical (unpaired) electrons. The summed E-state index contributed by atoms with van der Waals surface area (Å²) in [5, 5.41) is 6.15. The summed E-state index contributed by atoms with van der Waals surface area (Å²) >= 11 is 0. The molecule has 0 unspecified atom stereocenters. The quantitative estimate of drug-likeness (QED) is 0.862. The van der Waals surface area contributed by atoms with Crippen molar-refractivity contribution in [3.63, 3.8) is 0 Å². The van der Waals surface area contributed by atoms with Crippen LogP contribution in [0, 0.1) is 6.92 Å². The summed E-state index contributed by atoms with van der Waals surface area (Å²) < 4.78 is 0. The Kier molecular flexibility index (Phi) is 4.70. The molecule has 1 amide bonds. The van der Waals surface area contributed by atoms with Crippen LogP contribution in [0.5, 0.6) is 0 Å². The molecule has 100 valence electrons. The van der Waals surface area contributed by atoms with Gasteiger partial charge in [-0.15, -0.1) is 0 Å². The zero-order valence-corrected chi connectivity index (χ0v) is 11.9. The number of aryl methyl sites for hydroxylation is 1. The van der Waals surface area contributed by atoms with Crippen LogP contribution in [0.3, 0.4) is 0 Å². The lowest BCUT2D eigenvalue weighted by atomic mass is 10.1. The number of pyridine rings is 1. The van der Waals surface area contributed by atoms with E-state index in [0.717, 1.165) is 24.5 Å². The molecule has 0 atom stereocenters. The molecule has 0 aliphatic carbocycles. The molecule has 0 aliphatic heterocycles. The first-order valence-corrected chi connectivity index (χ1v) is 6.37. The van der Waals surface area contributed by atoms with Crippen LogP contribution in [-0.2, 0) is 0 Å². The normalized spacial score (nSPS) is 11.2. The lowest BCUT2D eigenvalue weighted by Gasteiger charge is -2.20. The molecule has 1 aromatic rings. The number of anilines is 1. The van der Waals surface area contributed by atoms with Crippen molar-refractivity contribution in [1.29, 1.82) is 0 Å². The minimum absolute atomic E-state index is 0.0625. The third-order valence-corrected chi connectivity index (χ3v) is 2.26. The highest BCUT2D eigenvalue weighted by molar-refractivity contribution is 5.95. The molecule has 0 spiro atoms. The molecule has 1 heterocycles. The summed E-state index contributed by atoms with van der Waals surface area (Å²) in [7, 11) is 0. The maximum atomic E-state index is 12.1. The average Bonchev–Trinajstić information content (AvgIpc) is 2.23. The van der Waals surface area contributed by atoms with Crippen molar-refractivity contribution in [3.8, 4) is 0 Å². The van der Waals surface area contributed by atoms with Gasteiger partial charge in [0.15, 0.2) is 0 Å². The Labute approximate surface area is 109 Å². The van der Waals surface area contributed by atoms with E-state index in [1.54, 1.807) is 12.1 Å². The molecule has 0 aliphatic rings. The standard InChI is InChI=1S/C14H23N3O/c1-6-7-15-12-9-11(8-10(2)16-12)13(18)17-14(3,4)5/h8-9H,6-7H2,1-5H3,(H,15,16)(H,17,18). The van der Waals surface area contributed by atoms with Crippen LogP contribution >= 0.6 is 0 Å². The second kappa shape index (κ2) is 5.85. The van der Waals surface area contributed by atoms with Gasteiger partial charge in [-0.25, -0.2) is 4.98 Å². The van der Waals surface area contributed by atoms with Crippen molar-refractivity contribution in [1.82, 2.24) is 10.3 Å². The van der Waals surface area contributed by atoms with Gasteiger partial charge in [0.1, 0.15) is 5.82 Å². The number of aromatic nitrogens is 1. The maximum Gasteiger partial charge on any atom is 0.251 e. The fraction of sp³-hybridized carbons (Fsp3) is 0.571. The molecular weight excluding hydrogens is 226 g/mol. The topological polar surface area (TPSA) is 54.0 Å². The van der Waals surface area contributed by atoms with Gasteiger partial charge < -0.3 is 10.6 Å². The van der Waals surface area contributed by atoms with Gasteiger partial charge in [0.25, 0.3) is 5.91 Å². The largest absolute Gasteiger partial charge is 0.370 e. The predicted octanol–water partition coefficient (Wildman–Crippen LogP) is 2.74. The first-order chi connectivity index (χ1) is 8.31. The molecule has 18 heavy (non-hydrogen) atoms. The van der Waals surface area contributed by atoms with Crippen LogP contribution < -0.4 is 10.6 Å². The molecular formula is C14H23N3O. The van der Waals surface area contributed by atoms with E-state index in [-0.39, 0.29) is 11.4 Å². The Morgan fingerprint density at radius 1 is 1.33 bits per heavy atom. The van der Waals surface area contributed by atoms with Gasteiger partial charge in [-0.05, 0) is 46.2 Å². The van der Waals surface area contributed by atoms with Crippen molar-refractivity contribution in [2.24, 2.45) is 0 Å². The molecule has 1 aromatic heterocycles. The first kappa shape index (κ1) is 14.5. The first-order valence-electron chi connectivity index (χ1n) is 6.37. The Bertz CT molecular complexity index is 422. The molecule has 0 saturated carbocycles. The van der Waals surface area contributed by atoms with E-state index >= 15 is 0 Å². The van der Waals surface area contributed by atoms with Crippen LogP contribution in [0.2, 0.25) is 0 Å². The lowest BCUT2D eigenvalue weighted by Crippen LogP contribution is -2.40. The van der Waals surface area contributed by atoms with Crippen molar-refractivity contribution < 1.29 is 4.79 Å². The number of nitrogens with zero attached hydrogens (tertiary/aromatic N) is 1. The molecule has 1 rings (SSSR count). The van der Waals surface area contributed by atoms with Gasteiger partial charge in [0.05, 0.1) is 0 Å². The third-order valence-electron chi connectivity index (χ3n) is 2.26. The Balaban J connectivity index is 2.88. The second-order valence-corrected chi connectivity index (χ2v) is 5.51. The minimum atomic E-state index is -0.231. The summed E-state index contributed by atoms with van der Waals surface area (Å²) in [6.07, 6.45) is 1.03. The van der Waals surface area contributed by atoms with Gasteiger partial charge >= 0.3 is 0 Å². The number of hydrogen-bond donors (Lipinski definition) is 2. The highest BCUT2D eigenvalue weighted by Crippen LogP contribution is 2.11. The monoisotopic (exact) mass is 249 g/mol. The van der Waals surface area contributed by atoms with Gasteiger partial charge in [-0.3, -0.25) is 4.79 Å². The maximum absolute atomic E-state index is 12.1. The number of carbonyl (C=O) groups excluding carboxylic acids is 1. The summed E-state index contributed by atoms with van der Waals surface area (Å²) in [6, 6.07) is 3.60. The van der Waals surface area contributed by atoms with E-state index in [1.807, 2.05) is 27.7 Å². The van der Waals surface area contributed by atoms with Crippen molar-refractivity contribution in [2.75, 3.05) is 11.9 Å². The highest BCUT2D eigenvalue weighted by Gasteiger charge is 2.16. The summed E-state index contributed by atoms with van der Waals surface area (Å²) in [4.78, 5) is 16.4. The van der Waals surface area contributed by atoms with E-state index in [2.05, 4.69) is 22.5 Å². The van der Waals surface area contributed by atoms with Crippen LogP contribution in [0.15, 0.2) is 12.1 Å². The van der Waals surface area contributed by atoms with E-state index in [9.17, 15) is 4.79 Å². The zero-order valence-electron chi connectivity index (χ0n) is 11.9. The highest BCUT2D eigenvalue weighted by atomic mass is 16.1. The fourth-order valence-electron chi connectivity index (χ4n) is 1.56. The van der Waals surface area contributed by atoms with E-state index in [0.29, 0.717) is 5.56 Å². The SMILES string of the molecule is CCCNc1cc(C(=O)NC(C)(C)C)cc(C)n1. The lowest BCUT2D eigenvalue weighted by molar-refractivity contribution is 0.0919. The number of rotatable bonds is 4. The van der Waals surface area contributed by atoms with Crippen molar-refractivity contribution in [3.05, 3.63) is 23.4 Å². The van der Waals surface area contributed by atoms with Crippen molar-refractivity contribution >= 4 is 11.7 Å².